The summed E-state index contributed by atoms with van der Waals surface area (Å²) in [5.74, 6) is 0.121. The summed E-state index contributed by atoms with van der Waals surface area (Å²) in [4.78, 5) is 13.4. The van der Waals surface area contributed by atoms with Gasteiger partial charge in [-0.05, 0) is 39.9 Å². The van der Waals surface area contributed by atoms with E-state index in [0.29, 0.717) is 26.2 Å². The van der Waals surface area contributed by atoms with E-state index in [1.54, 1.807) is 16.2 Å². The maximum absolute atomic E-state index is 11.7. The molecule has 0 bridgehead atoms. The largest absolute Gasteiger partial charge is 0.381 e. The molecule has 1 aromatic heterocycles. The molecule has 16 heavy (non-hydrogen) atoms. The summed E-state index contributed by atoms with van der Waals surface area (Å²) in [5.41, 5.74) is 1.16. The summed E-state index contributed by atoms with van der Waals surface area (Å²) in [7, 11) is 1.82. The van der Waals surface area contributed by atoms with Gasteiger partial charge in [0.05, 0.1) is 16.8 Å². The molecule has 0 unspecified atom stereocenters. The Morgan fingerprint density at radius 3 is 2.94 bits per heavy atom. The van der Waals surface area contributed by atoms with Crippen LogP contribution in [0, 0.1) is 0 Å². The highest BCUT2D eigenvalue weighted by Crippen LogP contribution is 2.21. The lowest BCUT2D eigenvalue weighted by Gasteiger charge is -2.16. The van der Waals surface area contributed by atoms with Gasteiger partial charge in [-0.1, -0.05) is 0 Å². The third-order valence-corrected chi connectivity index (χ3v) is 3.68. The second-order valence-electron chi connectivity index (χ2n) is 3.46. The van der Waals surface area contributed by atoms with Crippen molar-refractivity contribution in [3.63, 3.8) is 0 Å². The molecule has 1 amide bonds. The fourth-order valence-corrected chi connectivity index (χ4v) is 2.49. The number of amides is 1. The Bertz CT molecular complexity index is 340. The van der Waals surface area contributed by atoms with Crippen LogP contribution in [0.2, 0.25) is 0 Å². The minimum Gasteiger partial charge on any atom is -0.381 e. The molecule has 0 aliphatic carbocycles. The normalized spacial score (nSPS) is 10.4. The summed E-state index contributed by atoms with van der Waals surface area (Å²) in [6.07, 6.45) is 0.454. The van der Waals surface area contributed by atoms with E-state index in [0.717, 1.165) is 9.35 Å². The van der Waals surface area contributed by atoms with Crippen molar-refractivity contribution in [2.75, 3.05) is 20.3 Å². The van der Waals surface area contributed by atoms with E-state index in [-0.39, 0.29) is 5.91 Å². The van der Waals surface area contributed by atoms with Gasteiger partial charge < -0.3 is 9.64 Å². The Morgan fingerprint density at radius 2 is 2.38 bits per heavy atom. The van der Waals surface area contributed by atoms with Gasteiger partial charge in [0.25, 0.3) is 0 Å². The molecule has 5 heteroatoms. The number of ether oxygens (including phenoxy) is 1. The Hall–Kier alpha value is -0.390. The first-order valence-electron chi connectivity index (χ1n) is 5.18. The standard InChI is InChI=1S/C11H16BrNO2S/c1-3-15-5-4-11(14)13(2)7-9-6-10(12)16-8-9/h6,8H,3-5,7H2,1-2H3. The zero-order valence-electron chi connectivity index (χ0n) is 9.53. The van der Waals surface area contributed by atoms with Gasteiger partial charge >= 0.3 is 0 Å². The molecular weight excluding hydrogens is 290 g/mol. The Morgan fingerprint density at radius 1 is 1.62 bits per heavy atom. The van der Waals surface area contributed by atoms with Gasteiger partial charge in [0.15, 0.2) is 0 Å². The zero-order valence-corrected chi connectivity index (χ0v) is 11.9. The summed E-state index contributed by atoms with van der Waals surface area (Å²) in [6, 6.07) is 2.04. The number of hydrogen-bond donors (Lipinski definition) is 0. The number of thiophene rings is 1. The number of hydrogen-bond acceptors (Lipinski definition) is 3. The average molecular weight is 306 g/mol. The molecule has 0 spiro atoms. The predicted molar refractivity (Wildman–Crippen MR) is 69.6 cm³/mol. The second-order valence-corrected chi connectivity index (χ2v) is 5.75. The van der Waals surface area contributed by atoms with Gasteiger partial charge in [0.1, 0.15) is 0 Å². The van der Waals surface area contributed by atoms with Crippen LogP contribution in [0.15, 0.2) is 15.2 Å². The van der Waals surface area contributed by atoms with E-state index in [4.69, 9.17) is 4.74 Å². The third kappa shape index (κ3) is 4.63. The van der Waals surface area contributed by atoms with Gasteiger partial charge in [0, 0.05) is 20.2 Å². The first-order valence-corrected chi connectivity index (χ1v) is 6.85. The van der Waals surface area contributed by atoms with Crippen LogP contribution in [0.5, 0.6) is 0 Å². The molecule has 0 saturated carbocycles. The minimum absolute atomic E-state index is 0.121. The molecule has 0 aliphatic heterocycles. The number of nitrogens with zero attached hydrogens (tertiary/aromatic N) is 1. The number of carbonyl (C=O) groups excluding carboxylic acids is 1. The molecule has 3 nitrogen and oxygen atoms in total. The van der Waals surface area contributed by atoms with Crippen LogP contribution in [0.1, 0.15) is 18.9 Å². The fraction of sp³-hybridized carbons (Fsp3) is 0.545. The molecular formula is C11H16BrNO2S. The average Bonchev–Trinajstić information content (AvgIpc) is 2.64. The molecule has 0 aromatic carbocycles. The van der Waals surface area contributed by atoms with E-state index in [1.807, 2.05) is 20.0 Å². The molecule has 0 saturated heterocycles. The van der Waals surface area contributed by atoms with Crippen LogP contribution in [-0.4, -0.2) is 31.1 Å². The maximum atomic E-state index is 11.7. The smallest absolute Gasteiger partial charge is 0.224 e. The second kappa shape index (κ2) is 7.04. The Labute approximate surface area is 109 Å². The third-order valence-electron chi connectivity index (χ3n) is 2.13. The quantitative estimate of drug-likeness (QED) is 0.756. The summed E-state index contributed by atoms with van der Waals surface area (Å²) in [6.45, 7) is 3.76. The first-order chi connectivity index (χ1) is 7.63. The number of rotatable bonds is 6. The van der Waals surface area contributed by atoms with Crippen molar-refractivity contribution in [2.24, 2.45) is 0 Å². The lowest BCUT2D eigenvalue weighted by Crippen LogP contribution is -2.26. The molecule has 1 aromatic rings. The van der Waals surface area contributed by atoms with Crippen molar-refractivity contribution >= 4 is 33.2 Å². The van der Waals surface area contributed by atoms with Crippen molar-refractivity contribution < 1.29 is 9.53 Å². The zero-order chi connectivity index (χ0) is 12.0. The Balaban J connectivity index is 2.34. The maximum Gasteiger partial charge on any atom is 0.224 e. The molecule has 0 fully saturated rings. The van der Waals surface area contributed by atoms with Gasteiger partial charge in [-0.15, -0.1) is 11.3 Å². The Kier molecular flexibility index (Phi) is 6.01. The monoisotopic (exact) mass is 305 g/mol. The van der Waals surface area contributed by atoms with Crippen molar-refractivity contribution in [2.45, 2.75) is 19.9 Å². The SMILES string of the molecule is CCOCCC(=O)N(C)Cc1csc(Br)c1. The summed E-state index contributed by atoms with van der Waals surface area (Å²) < 4.78 is 6.25. The highest BCUT2D eigenvalue weighted by Gasteiger charge is 2.09. The van der Waals surface area contributed by atoms with E-state index in [1.165, 1.54) is 0 Å². The molecule has 90 valence electrons. The molecule has 0 N–H and O–H groups in total. The molecule has 0 aliphatic rings. The first kappa shape index (κ1) is 13.7. The van der Waals surface area contributed by atoms with E-state index in [2.05, 4.69) is 21.3 Å². The van der Waals surface area contributed by atoms with Gasteiger partial charge in [0.2, 0.25) is 5.91 Å². The van der Waals surface area contributed by atoms with Crippen molar-refractivity contribution in [1.82, 2.24) is 4.90 Å². The fourth-order valence-electron chi connectivity index (χ4n) is 1.29. The van der Waals surface area contributed by atoms with Crippen LogP contribution in [0.25, 0.3) is 0 Å². The summed E-state index contributed by atoms with van der Waals surface area (Å²) in [5, 5.41) is 2.05. The van der Waals surface area contributed by atoms with Crippen molar-refractivity contribution in [3.05, 3.63) is 20.8 Å². The van der Waals surface area contributed by atoms with E-state index in [9.17, 15) is 4.79 Å². The van der Waals surface area contributed by atoms with E-state index >= 15 is 0 Å². The molecule has 0 radical (unpaired) electrons. The molecule has 1 heterocycles. The molecule has 0 atom stereocenters. The van der Waals surface area contributed by atoms with Crippen LogP contribution in [-0.2, 0) is 16.1 Å². The number of halogens is 1. The highest BCUT2D eigenvalue weighted by atomic mass is 79.9. The van der Waals surface area contributed by atoms with Gasteiger partial charge in [-0.3, -0.25) is 4.79 Å². The van der Waals surface area contributed by atoms with Crippen LogP contribution in [0.4, 0.5) is 0 Å². The lowest BCUT2D eigenvalue weighted by atomic mass is 10.3. The van der Waals surface area contributed by atoms with Gasteiger partial charge in [-0.2, -0.15) is 0 Å². The van der Waals surface area contributed by atoms with Crippen LogP contribution >= 0.6 is 27.3 Å². The topological polar surface area (TPSA) is 29.5 Å². The van der Waals surface area contributed by atoms with Crippen LogP contribution < -0.4 is 0 Å². The van der Waals surface area contributed by atoms with Crippen LogP contribution in [0.3, 0.4) is 0 Å². The number of carbonyl (C=O) groups is 1. The summed E-state index contributed by atoms with van der Waals surface area (Å²) >= 11 is 5.04. The predicted octanol–water partition coefficient (Wildman–Crippen LogP) is 2.90. The lowest BCUT2D eigenvalue weighted by molar-refractivity contribution is -0.131. The van der Waals surface area contributed by atoms with Crippen molar-refractivity contribution in [3.8, 4) is 0 Å². The molecule has 1 rings (SSSR count). The van der Waals surface area contributed by atoms with Crippen molar-refractivity contribution in [1.29, 1.82) is 0 Å². The van der Waals surface area contributed by atoms with Gasteiger partial charge in [-0.25, -0.2) is 0 Å². The van der Waals surface area contributed by atoms with E-state index < -0.39 is 0 Å². The minimum atomic E-state index is 0.121. The highest BCUT2D eigenvalue weighted by molar-refractivity contribution is 9.11.